The molecule has 2 heterocycles. The van der Waals surface area contributed by atoms with Crippen LogP contribution in [0.15, 0.2) is 212 Å². The summed E-state index contributed by atoms with van der Waals surface area (Å²) in [4.78, 5) is 16.2. The molecular weight excluding hydrogens is 827 g/mol. The van der Waals surface area contributed by atoms with Crippen molar-refractivity contribution in [3.8, 4) is 79.0 Å². The van der Waals surface area contributed by atoms with Crippen LogP contribution in [0.4, 0.5) is 0 Å². The number of para-hydroxylation sites is 2. The number of ether oxygens (including phenoxy) is 1. The van der Waals surface area contributed by atoms with E-state index in [1.807, 2.05) is 0 Å². The summed E-state index contributed by atoms with van der Waals surface area (Å²) in [6.45, 7) is 4.71. The average Bonchev–Trinajstić information content (AvgIpc) is 3.84. The molecule has 4 heteroatoms. The van der Waals surface area contributed by atoms with Gasteiger partial charge in [-0.05, 0) is 107 Å². The van der Waals surface area contributed by atoms with E-state index in [0.29, 0.717) is 29.3 Å². The Bertz CT molecular complexity index is 3820. The fourth-order valence-electron chi connectivity index (χ4n) is 12.0. The molecule has 2 atom stereocenters. The quantitative estimate of drug-likeness (QED) is 0.173. The van der Waals surface area contributed by atoms with Crippen molar-refractivity contribution >= 4 is 21.5 Å². The van der Waals surface area contributed by atoms with Crippen molar-refractivity contribution in [2.24, 2.45) is 0 Å². The second-order valence-electron chi connectivity index (χ2n) is 18.7. The molecule has 0 saturated carbocycles. The van der Waals surface area contributed by atoms with Gasteiger partial charge >= 0.3 is 0 Å². The third-order valence-corrected chi connectivity index (χ3v) is 15.3. The Hall–Kier alpha value is -8.47. The zero-order valence-electron chi connectivity index (χ0n) is 37.6. The first kappa shape index (κ1) is 38.8. The van der Waals surface area contributed by atoms with Gasteiger partial charge in [-0.2, -0.15) is 0 Å². The molecular formula is C64H43N3O. The van der Waals surface area contributed by atoms with Gasteiger partial charge < -0.3 is 4.74 Å². The molecule has 2 unspecified atom stereocenters. The smallest absolute Gasteiger partial charge is 0.164 e. The number of hydrogen-bond donors (Lipinski definition) is 0. The molecule has 14 rings (SSSR count). The van der Waals surface area contributed by atoms with Crippen molar-refractivity contribution in [2.45, 2.75) is 31.1 Å². The minimum absolute atomic E-state index is 0.499. The highest BCUT2D eigenvalue weighted by molar-refractivity contribution is 6.03. The van der Waals surface area contributed by atoms with Crippen LogP contribution in [0.5, 0.6) is 11.5 Å². The summed E-state index contributed by atoms with van der Waals surface area (Å²) >= 11 is 0. The third-order valence-electron chi connectivity index (χ3n) is 15.3. The number of nitrogens with zero attached hydrogens (tertiary/aromatic N) is 3. The summed E-state index contributed by atoms with van der Waals surface area (Å²) in [5.41, 5.74) is 16.7. The van der Waals surface area contributed by atoms with Gasteiger partial charge in [0.25, 0.3) is 0 Å². The summed E-state index contributed by atoms with van der Waals surface area (Å²) in [7, 11) is 0. The monoisotopic (exact) mass is 869 g/mol. The van der Waals surface area contributed by atoms with Crippen LogP contribution < -0.4 is 4.74 Å². The van der Waals surface area contributed by atoms with Gasteiger partial charge in [-0.15, -0.1) is 0 Å². The van der Waals surface area contributed by atoms with Gasteiger partial charge in [-0.25, -0.2) is 15.0 Å². The summed E-state index contributed by atoms with van der Waals surface area (Å²) < 4.78 is 6.65. The highest BCUT2D eigenvalue weighted by atomic mass is 16.5. The predicted octanol–water partition coefficient (Wildman–Crippen LogP) is 16.2. The first-order chi connectivity index (χ1) is 33.5. The normalized spacial score (nSPS) is 15.7. The third kappa shape index (κ3) is 5.52. The maximum atomic E-state index is 6.65. The molecule has 1 aliphatic heterocycles. The zero-order valence-corrected chi connectivity index (χ0v) is 37.6. The number of fused-ring (bicyclic) bond motifs is 10. The largest absolute Gasteiger partial charge is 0.457 e. The number of aromatic nitrogens is 3. The van der Waals surface area contributed by atoms with Crippen LogP contribution in [0.1, 0.15) is 59.1 Å². The molecule has 10 aromatic carbocycles. The molecule has 0 N–H and O–H groups in total. The molecule has 1 spiro atoms. The predicted molar refractivity (Wildman–Crippen MR) is 276 cm³/mol. The first-order valence-electron chi connectivity index (χ1n) is 23.7. The van der Waals surface area contributed by atoms with Crippen molar-refractivity contribution in [1.29, 1.82) is 0 Å². The molecule has 0 amide bonds. The van der Waals surface area contributed by atoms with Crippen LogP contribution in [0.25, 0.3) is 89.1 Å². The lowest BCUT2D eigenvalue weighted by molar-refractivity contribution is 0.436. The van der Waals surface area contributed by atoms with E-state index >= 15 is 0 Å². The SMILES string of the molecule is CC1c2cccc3c(-c4ccc(-c5nc(-c6cccc(-c7cccc8ccccc78)c6)nc(-c6cccc7c6-c6ccccc6C76c7ccccc7Oc7ccccc76)n5)cc4)ccc(c23)C1C. The van der Waals surface area contributed by atoms with E-state index in [1.54, 1.807) is 0 Å². The van der Waals surface area contributed by atoms with Gasteiger partial charge in [0.2, 0.25) is 0 Å². The van der Waals surface area contributed by atoms with Crippen LogP contribution in [-0.4, -0.2) is 15.0 Å². The maximum Gasteiger partial charge on any atom is 0.164 e. The lowest BCUT2D eigenvalue weighted by atomic mass is 9.66. The molecule has 11 aromatic rings. The van der Waals surface area contributed by atoms with Gasteiger partial charge in [0.1, 0.15) is 11.5 Å². The molecule has 0 radical (unpaired) electrons. The highest BCUT2D eigenvalue weighted by Gasteiger charge is 2.51. The second kappa shape index (κ2) is 14.8. The molecule has 68 heavy (non-hydrogen) atoms. The van der Waals surface area contributed by atoms with Crippen molar-refractivity contribution in [3.63, 3.8) is 0 Å². The summed E-state index contributed by atoms with van der Waals surface area (Å²) in [5, 5.41) is 5.14. The Morgan fingerprint density at radius 2 is 0.897 bits per heavy atom. The summed E-state index contributed by atoms with van der Waals surface area (Å²) in [6, 6.07) is 76.4. The van der Waals surface area contributed by atoms with Crippen LogP contribution in [0, 0.1) is 0 Å². The Morgan fingerprint density at radius 1 is 0.368 bits per heavy atom. The second-order valence-corrected chi connectivity index (χ2v) is 18.7. The molecule has 3 aliphatic rings. The highest BCUT2D eigenvalue weighted by Crippen LogP contribution is 2.63. The molecule has 2 aliphatic carbocycles. The fourth-order valence-corrected chi connectivity index (χ4v) is 12.0. The van der Waals surface area contributed by atoms with E-state index in [2.05, 4.69) is 226 Å². The number of benzene rings is 10. The van der Waals surface area contributed by atoms with Crippen molar-refractivity contribution < 1.29 is 4.74 Å². The van der Waals surface area contributed by atoms with Crippen LogP contribution in [0.3, 0.4) is 0 Å². The van der Waals surface area contributed by atoms with Crippen LogP contribution in [-0.2, 0) is 5.41 Å². The van der Waals surface area contributed by atoms with Crippen molar-refractivity contribution in [3.05, 3.63) is 246 Å². The van der Waals surface area contributed by atoms with Crippen molar-refractivity contribution in [2.75, 3.05) is 0 Å². The van der Waals surface area contributed by atoms with Gasteiger partial charge in [-0.1, -0.05) is 208 Å². The van der Waals surface area contributed by atoms with E-state index in [0.717, 1.165) is 56.0 Å². The average molecular weight is 870 g/mol. The first-order valence-corrected chi connectivity index (χ1v) is 23.7. The molecule has 320 valence electrons. The Labute approximate surface area is 395 Å². The molecule has 1 aromatic heterocycles. The van der Waals surface area contributed by atoms with E-state index in [1.165, 1.54) is 60.5 Å². The summed E-state index contributed by atoms with van der Waals surface area (Å²) in [6.07, 6.45) is 0. The fraction of sp³-hybridized carbons (Fsp3) is 0.0781. The minimum atomic E-state index is -0.618. The van der Waals surface area contributed by atoms with E-state index in [4.69, 9.17) is 19.7 Å². The summed E-state index contributed by atoms with van der Waals surface area (Å²) in [5.74, 6) is 4.58. The van der Waals surface area contributed by atoms with Gasteiger partial charge in [0, 0.05) is 27.8 Å². The standard InChI is InChI=1S/C64H43N3O/c1-38-39(2)46-35-36-49(50-23-13-21-45(38)59(46)50)41-31-33-42(34-32-41)61-65-62(44-18-11-17-43(37-44)48-22-12-16-40-15-3-4-19-47(40)48)67-63(66-61)52-24-14-28-56-60(52)51-20-5-6-25-53(51)64(56)54-26-7-9-29-57(54)68-58-30-10-8-27-55(58)64/h3-39H,1-2H3. The number of rotatable bonds is 5. The van der Waals surface area contributed by atoms with Crippen molar-refractivity contribution in [1.82, 2.24) is 15.0 Å². The van der Waals surface area contributed by atoms with E-state index in [9.17, 15) is 0 Å². The van der Waals surface area contributed by atoms with E-state index < -0.39 is 5.41 Å². The Kier molecular flexibility index (Phi) is 8.42. The zero-order chi connectivity index (χ0) is 45.1. The van der Waals surface area contributed by atoms with E-state index in [-0.39, 0.29) is 0 Å². The maximum absolute atomic E-state index is 6.65. The molecule has 0 saturated heterocycles. The lowest BCUT2D eigenvalue weighted by Gasteiger charge is -2.39. The Balaban J connectivity index is 0.974. The Morgan fingerprint density at radius 3 is 1.71 bits per heavy atom. The molecule has 4 nitrogen and oxygen atoms in total. The minimum Gasteiger partial charge on any atom is -0.457 e. The van der Waals surface area contributed by atoms with Gasteiger partial charge in [0.05, 0.1) is 5.41 Å². The molecule has 0 fully saturated rings. The van der Waals surface area contributed by atoms with Crippen LogP contribution >= 0.6 is 0 Å². The number of hydrogen-bond acceptors (Lipinski definition) is 4. The van der Waals surface area contributed by atoms with Gasteiger partial charge in [0.15, 0.2) is 17.5 Å². The molecule has 0 bridgehead atoms. The topological polar surface area (TPSA) is 47.9 Å². The lowest BCUT2D eigenvalue weighted by Crippen LogP contribution is -2.32. The van der Waals surface area contributed by atoms with Crippen LogP contribution in [0.2, 0.25) is 0 Å². The van der Waals surface area contributed by atoms with Gasteiger partial charge in [-0.3, -0.25) is 0 Å².